The summed E-state index contributed by atoms with van der Waals surface area (Å²) in [5, 5.41) is 0. The molecular formula is C22H28O5S. The van der Waals surface area contributed by atoms with Crippen molar-refractivity contribution in [2.24, 2.45) is 5.92 Å². The molecule has 0 radical (unpaired) electrons. The molecule has 0 N–H and O–H groups in total. The third-order valence-corrected chi connectivity index (χ3v) is 5.53. The number of hydrogen-bond donors (Lipinski definition) is 0. The van der Waals surface area contributed by atoms with Crippen molar-refractivity contribution in [3.05, 3.63) is 65.7 Å². The van der Waals surface area contributed by atoms with Crippen molar-refractivity contribution in [2.45, 2.75) is 57.6 Å². The van der Waals surface area contributed by atoms with E-state index in [0.717, 1.165) is 11.1 Å². The van der Waals surface area contributed by atoms with Crippen molar-refractivity contribution in [3.63, 3.8) is 0 Å². The molecular weight excluding hydrogens is 376 g/mol. The first-order valence-electron chi connectivity index (χ1n) is 9.25. The molecule has 5 nitrogen and oxygen atoms in total. The monoisotopic (exact) mass is 404 g/mol. The standard InChI is InChI=1S/C22H28O5S/c1-16-11-13-19(14-12-16)28(24,25)27-20(15-18-9-7-6-8-10-18)17(2)21(23)26-22(3,4)5/h6-14,17,20H,15H2,1-5H3. The fraction of sp³-hybridized carbons (Fsp3) is 0.409. The van der Waals surface area contributed by atoms with Crippen LogP contribution < -0.4 is 0 Å². The maximum Gasteiger partial charge on any atom is 0.311 e. The van der Waals surface area contributed by atoms with E-state index in [-0.39, 0.29) is 11.3 Å². The molecule has 2 rings (SSSR count). The first-order chi connectivity index (χ1) is 13.0. The number of aryl methyl sites for hydroxylation is 1. The van der Waals surface area contributed by atoms with E-state index < -0.39 is 33.7 Å². The Bertz CT molecular complexity index is 881. The highest BCUT2D eigenvalue weighted by molar-refractivity contribution is 7.86. The Balaban J connectivity index is 2.29. The summed E-state index contributed by atoms with van der Waals surface area (Å²) in [6.07, 6.45) is -0.615. The van der Waals surface area contributed by atoms with Crippen LogP contribution in [-0.2, 0) is 30.3 Å². The van der Waals surface area contributed by atoms with E-state index in [9.17, 15) is 13.2 Å². The van der Waals surface area contributed by atoms with Crippen LogP contribution in [-0.4, -0.2) is 26.1 Å². The van der Waals surface area contributed by atoms with Gasteiger partial charge in [0.2, 0.25) is 0 Å². The molecule has 2 unspecified atom stereocenters. The van der Waals surface area contributed by atoms with Crippen LogP contribution in [0, 0.1) is 12.8 Å². The first kappa shape index (κ1) is 22.1. The summed E-state index contributed by atoms with van der Waals surface area (Å²) >= 11 is 0. The number of carbonyl (C=O) groups is 1. The zero-order chi connectivity index (χ0) is 20.9. The Morgan fingerprint density at radius 1 is 1.00 bits per heavy atom. The van der Waals surface area contributed by atoms with Gasteiger partial charge in [-0.3, -0.25) is 8.98 Å². The van der Waals surface area contributed by atoms with Gasteiger partial charge in [-0.15, -0.1) is 0 Å². The number of ether oxygens (including phenoxy) is 1. The molecule has 2 aromatic rings. The minimum Gasteiger partial charge on any atom is -0.460 e. The van der Waals surface area contributed by atoms with Crippen molar-refractivity contribution in [1.29, 1.82) is 0 Å². The molecule has 0 aliphatic rings. The smallest absolute Gasteiger partial charge is 0.311 e. The molecule has 0 saturated carbocycles. The van der Waals surface area contributed by atoms with Gasteiger partial charge in [0.25, 0.3) is 10.1 Å². The van der Waals surface area contributed by atoms with Crippen LogP contribution in [0.3, 0.4) is 0 Å². The predicted octanol–water partition coefficient (Wildman–Crippen LogP) is 4.29. The van der Waals surface area contributed by atoms with Gasteiger partial charge in [0.05, 0.1) is 16.9 Å². The van der Waals surface area contributed by atoms with Crippen LogP contribution >= 0.6 is 0 Å². The van der Waals surface area contributed by atoms with Gasteiger partial charge >= 0.3 is 5.97 Å². The molecule has 2 atom stereocenters. The van der Waals surface area contributed by atoms with Crippen LogP contribution in [0.1, 0.15) is 38.8 Å². The van der Waals surface area contributed by atoms with E-state index in [4.69, 9.17) is 8.92 Å². The lowest BCUT2D eigenvalue weighted by molar-refractivity contribution is -0.162. The number of benzene rings is 2. The second kappa shape index (κ2) is 8.88. The van der Waals surface area contributed by atoms with Gasteiger partial charge in [0.15, 0.2) is 0 Å². The SMILES string of the molecule is Cc1ccc(S(=O)(=O)OC(Cc2ccccc2)C(C)C(=O)OC(C)(C)C)cc1. The molecule has 28 heavy (non-hydrogen) atoms. The number of esters is 1. The lowest BCUT2D eigenvalue weighted by Crippen LogP contribution is -2.37. The minimum atomic E-state index is -4.03. The molecule has 6 heteroatoms. The summed E-state index contributed by atoms with van der Waals surface area (Å²) < 4.78 is 36.5. The molecule has 0 bridgehead atoms. The molecule has 0 aliphatic carbocycles. The number of carbonyl (C=O) groups excluding carboxylic acids is 1. The molecule has 152 valence electrons. The van der Waals surface area contributed by atoms with Crippen LogP contribution in [0.4, 0.5) is 0 Å². The van der Waals surface area contributed by atoms with Crippen LogP contribution in [0.25, 0.3) is 0 Å². The highest BCUT2D eigenvalue weighted by atomic mass is 32.2. The minimum absolute atomic E-state index is 0.0625. The van der Waals surface area contributed by atoms with Crippen molar-refractivity contribution < 1.29 is 22.1 Å². The third-order valence-electron chi connectivity index (χ3n) is 4.18. The summed E-state index contributed by atoms with van der Waals surface area (Å²) in [5.74, 6) is -1.26. The van der Waals surface area contributed by atoms with E-state index in [2.05, 4.69) is 0 Å². The third kappa shape index (κ3) is 6.46. The number of hydrogen-bond acceptors (Lipinski definition) is 5. The lowest BCUT2D eigenvalue weighted by Gasteiger charge is -2.27. The first-order valence-corrected chi connectivity index (χ1v) is 10.7. The van der Waals surface area contributed by atoms with E-state index >= 15 is 0 Å². The Kier molecular flexibility index (Phi) is 7.01. The molecule has 0 heterocycles. The van der Waals surface area contributed by atoms with E-state index in [1.165, 1.54) is 12.1 Å². The zero-order valence-electron chi connectivity index (χ0n) is 17.0. The van der Waals surface area contributed by atoms with Crippen molar-refractivity contribution >= 4 is 16.1 Å². The molecule has 0 fully saturated rings. The maximum atomic E-state index is 12.8. The quantitative estimate of drug-likeness (QED) is 0.509. The number of rotatable bonds is 7. The Morgan fingerprint density at radius 2 is 1.57 bits per heavy atom. The second-order valence-electron chi connectivity index (χ2n) is 7.91. The summed E-state index contributed by atoms with van der Waals surface area (Å²) in [6, 6.07) is 15.8. The Hall–Kier alpha value is -2.18. The molecule has 0 saturated heterocycles. The topological polar surface area (TPSA) is 69.7 Å². The summed E-state index contributed by atoms with van der Waals surface area (Å²) in [6.45, 7) is 8.82. The average molecular weight is 405 g/mol. The van der Waals surface area contributed by atoms with Gasteiger partial charge in [-0.05, 0) is 52.3 Å². The predicted molar refractivity (Wildman–Crippen MR) is 108 cm³/mol. The van der Waals surface area contributed by atoms with E-state index in [1.54, 1.807) is 39.8 Å². The van der Waals surface area contributed by atoms with E-state index in [1.807, 2.05) is 37.3 Å². The zero-order valence-corrected chi connectivity index (χ0v) is 17.8. The van der Waals surface area contributed by atoms with Gasteiger partial charge in [0, 0.05) is 6.42 Å². The molecule has 0 aliphatic heterocycles. The lowest BCUT2D eigenvalue weighted by atomic mass is 9.97. The summed E-state index contributed by atoms with van der Waals surface area (Å²) in [7, 11) is -4.03. The van der Waals surface area contributed by atoms with Crippen molar-refractivity contribution in [1.82, 2.24) is 0 Å². The highest BCUT2D eigenvalue weighted by Gasteiger charge is 2.33. The molecule has 0 amide bonds. The summed E-state index contributed by atoms with van der Waals surface area (Å²) in [4.78, 5) is 12.6. The van der Waals surface area contributed by atoms with Crippen LogP contribution in [0.15, 0.2) is 59.5 Å². The largest absolute Gasteiger partial charge is 0.460 e. The fourth-order valence-electron chi connectivity index (χ4n) is 2.61. The molecule has 2 aromatic carbocycles. The normalized spacial score (nSPS) is 14.3. The molecule has 0 spiro atoms. The van der Waals surface area contributed by atoms with Crippen molar-refractivity contribution in [3.8, 4) is 0 Å². The fourth-order valence-corrected chi connectivity index (χ4v) is 3.75. The van der Waals surface area contributed by atoms with Gasteiger partial charge in [-0.2, -0.15) is 8.42 Å². The Labute approximate surface area is 167 Å². The van der Waals surface area contributed by atoms with E-state index in [0.29, 0.717) is 0 Å². The summed E-state index contributed by atoms with van der Waals surface area (Å²) in [5.41, 5.74) is 1.15. The van der Waals surface area contributed by atoms with Crippen LogP contribution in [0.2, 0.25) is 0 Å². The maximum absolute atomic E-state index is 12.8. The van der Waals surface area contributed by atoms with Gasteiger partial charge in [0.1, 0.15) is 5.60 Å². The van der Waals surface area contributed by atoms with Gasteiger partial charge < -0.3 is 4.74 Å². The highest BCUT2D eigenvalue weighted by Crippen LogP contribution is 2.24. The van der Waals surface area contributed by atoms with Gasteiger partial charge in [-0.1, -0.05) is 48.0 Å². The van der Waals surface area contributed by atoms with Crippen molar-refractivity contribution in [2.75, 3.05) is 0 Å². The average Bonchev–Trinajstić information content (AvgIpc) is 2.60. The molecule has 0 aromatic heterocycles. The van der Waals surface area contributed by atoms with Crippen LogP contribution in [0.5, 0.6) is 0 Å². The Morgan fingerprint density at radius 3 is 2.11 bits per heavy atom. The van der Waals surface area contributed by atoms with Gasteiger partial charge in [-0.25, -0.2) is 0 Å². The second-order valence-corrected chi connectivity index (χ2v) is 9.49.